The van der Waals surface area contributed by atoms with Crippen molar-refractivity contribution in [2.45, 2.75) is 59.5 Å². The van der Waals surface area contributed by atoms with E-state index in [4.69, 9.17) is 18.9 Å². The van der Waals surface area contributed by atoms with Crippen LogP contribution in [0.5, 0.6) is 0 Å². The normalized spacial score (nSPS) is 25.3. The number of ether oxygens (including phenoxy) is 4. The van der Waals surface area contributed by atoms with Gasteiger partial charge in [-0.2, -0.15) is 0 Å². The molecule has 1 saturated heterocycles. The third-order valence-corrected chi connectivity index (χ3v) is 2.74. The second-order valence-electron chi connectivity index (χ2n) is 5.97. The molecular formula is C14H22O7. The second-order valence-corrected chi connectivity index (χ2v) is 5.97. The minimum atomic E-state index is -0.968. The molecule has 1 fully saturated rings. The van der Waals surface area contributed by atoms with E-state index < -0.39 is 35.9 Å². The van der Waals surface area contributed by atoms with Gasteiger partial charge in [0.05, 0.1) is 11.5 Å². The topological polar surface area (TPSA) is 88.1 Å². The van der Waals surface area contributed by atoms with Gasteiger partial charge in [-0.3, -0.25) is 14.4 Å². The fourth-order valence-electron chi connectivity index (χ4n) is 1.78. The van der Waals surface area contributed by atoms with Crippen LogP contribution in [0.25, 0.3) is 0 Å². The average molecular weight is 302 g/mol. The lowest BCUT2D eigenvalue weighted by atomic mass is 9.97. The molecule has 1 rings (SSSR count). The van der Waals surface area contributed by atoms with Crippen LogP contribution in [-0.4, -0.2) is 43.0 Å². The summed E-state index contributed by atoms with van der Waals surface area (Å²) in [5, 5.41) is 0. The molecule has 3 atom stereocenters. The van der Waals surface area contributed by atoms with E-state index in [9.17, 15) is 14.4 Å². The number of carbonyl (C=O) groups is 3. The van der Waals surface area contributed by atoms with E-state index in [-0.39, 0.29) is 12.6 Å². The van der Waals surface area contributed by atoms with Gasteiger partial charge in [-0.05, 0) is 20.8 Å². The van der Waals surface area contributed by atoms with Crippen LogP contribution in [0.1, 0.15) is 41.0 Å². The Bertz CT molecular complexity index is 386. The predicted molar refractivity (Wildman–Crippen MR) is 71.0 cm³/mol. The van der Waals surface area contributed by atoms with Crippen molar-refractivity contribution in [2.75, 3.05) is 6.61 Å². The molecule has 120 valence electrons. The second kappa shape index (κ2) is 6.89. The van der Waals surface area contributed by atoms with Crippen LogP contribution in [0.4, 0.5) is 0 Å². The Balaban J connectivity index is 2.56. The first-order valence-electron chi connectivity index (χ1n) is 6.76. The van der Waals surface area contributed by atoms with E-state index in [0.717, 1.165) is 0 Å². The summed E-state index contributed by atoms with van der Waals surface area (Å²) in [5.74, 6) is -1.39. The molecule has 1 aliphatic rings. The minimum absolute atomic E-state index is 0.0195. The highest BCUT2D eigenvalue weighted by Crippen LogP contribution is 2.26. The highest BCUT2D eigenvalue weighted by atomic mass is 16.7. The SMILES string of the molecule is CC(=O)O[C@@H]1O[C@H](COC(=O)C(C)(C)C)C[C@H]1OC(C)=O. The number of rotatable bonds is 4. The van der Waals surface area contributed by atoms with Crippen LogP contribution >= 0.6 is 0 Å². The number of carbonyl (C=O) groups excluding carboxylic acids is 3. The summed E-state index contributed by atoms with van der Waals surface area (Å²) >= 11 is 0. The van der Waals surface area contributed by atoms with Gasteiger partial charge < -0.3 is 18.9 Å². The van der Waals surface area contributed by atoms with Gasteiger partial charge in [0.2, 0.25) is 6.29 Å². The molecular weight excluding hydrogens is 280 g/mol. The maximum absolute atomic E-state index is 11.7. The average Bonchev–Trinajstić information content (AvgIpc) is 2.65. The fraction of sp³-hybridized carbons (Fsp3) is 0.786. The van der Waals surface area contributed by atoms with E-state index in [1.54, 1.807) is 20.8 Å². The van der Waals surface area contributed by atoms with Gasteiger partial charge in [0.1, 0.15) is 6.61 Å². The lowest BCUT2D eigenvalue weighted by Gasteiger charge is -2.19. The quantitative estimate of drug-likeness (QED) is 0.569. The summed E-state index contributed by atoms with van der Waals surface area (Å²) in [6.07, 6.45) is -1.84. The lowest BCUT2D eigenvalue weighted by molar-refractivity contribution is -0.197. The molecule has 1 aliphatic heterocycles. The monoisotopic (exact) mass is 302 g/mol. The summed E-state index contributed by atoms with van der Waals surface area (Å²) in [5.41, 5.74) is -0.608. The van der Waals surface area contributed by atoms with Crippen molar-refractivity contribution in [3.63, 3.8) is 0 Å². The molecule has 0 aromatic heterocycles. The Morgan fingerprint density at radius 3 is 2.14 bits per heavy atom. The maximum atomic E-state index is 11.7. The summed E-state index contributed by atoms with van der Waals surface area (Å²) < 4.78 is 20.6. The molecule has 7 heteroatoms. The predicted octanol–water partition coefficient (Wildman–Crippen LogP) is 1.19. The Morgan fingerprint density at radius 1 is 1.10 bits per heavy atom. The van der Waals surface area contributed by atoms with Crippen molar-refractivity contribution in [3.8, 4) is 0 Å². The van der Waals surface area contributed by atoms with Crippen LogP contribution < -0.4 is 0 Å². The molecule has 21 heavy (non-hydrogen) atoms. The first-order chi connectivity index (χ1) is 9.59. The fourth-order valence-corrected chi connectivity index (χ4v) is 1.78. The smallest absolute Gasteiger partial charge is 0.311 e. The Labute approximate surface area is 123 Å². The highest BCUT2D eigenvalue weighted by Gasteiger charge is 2.40. The molecule has 1 heterocycles. The molecule has 0 N–H and O–H groups in total. The molecule has 0 spiro atoms. The summed E-state index contributed by atoms with van der Waals surface area (Å²) in [7, 11) is 0. The molecule has 7 nitrogen and oxygen atoms in total. The Hall–Kier alpha value is -1.63. The molecule has 0 radical (unpaired) electrons. The van der Waals surface area contributed by atoms with E-state index in [1.807, 2.05) is 0 Å². The van der Waals surface area contributed by atoms with Gasteiger partial charge in [-0.25, -0.2) is 0 Å². The van der Waals surface area contributed by atoms with Crippen LogP contribution in [0.3, 0.4) is 0 Å². The van der Waals surface area contributed by atoms with Crippen molar-refractivity contribution in [3.05, 3.63) is 0 Å². The van der Waals surface area contributed by atoms with E-state index in [1.165, 1.54) is 13.8 Å². The number of hydrogen-bond acceptors (Lipinski definition) is 7. The minimum Gasteiger partial charge on any atom is -0.463 e. The van der Waals surface area contributed by atoms with Gasteiger partial charge in [-0.1, -0.05) is 0 Å². The van der Waals surface area contributed by atoms with Crippen LogP contribution in [0, 0.1) is 5.41 Å². The van der Waals surface area contributed by atoms with Crippen molar-refractivity contribution < 1.29 is 33.3 Å². The third-order valence-electron chi connectivity index (χ3n) is 2.74. The largest absolute Gasteiger partial charge is 0.463 e. The van der Waals surface area contributed by atoms with Crippen molar-refractivity contribution in [1.82, 2.24) is 0 Å². The maximum Gasteiger partial charge on any atom is 0.311 e. The highest BCUT2D eigenvalue weighted by molar-refractivity contribution is 5.75. The molecule has 0 saturated carbocycles. The van der Waals surface area contributed by atoms with Crippen LogP contribution in [0.2, 0.25) is 0 Å². The number of hydrogen-bond donors (Lipinski definition) is 0. The van der Waals surface area contributed by atoms with E-state index >= 15 is 0 Å². The van der Waals surface area contributed by atoms with Crippen LogP contribution in [0.15, 0.2) is 0 Å². The molecule has 0 aliphatic carbocycles. The van der Waals surface area contributed by atoms with Gasteiger partial charge in [-0.15, -0.1) is 0 Å². The standard InChI is InChI=1S/C14H22O7/c1-8(15)19-11-6-10(21-12(11)20-9(2)16)7-18-13(17)14(3,4)5/h10-12H,6-7H2,1-5H3/t10-,11+,12+/m0/s1. The molecule has 0 amide bonds. The van der Waals surface area contributed by atoms with E-state index in [0.29, 0.717) is 6.42 Å². The number of esters is 3. The van der Waals surface area contributed by atoms with Crippen molar-refractivity contribution >= 4 is 17.9 Å². The molecule has 0 unspecified atom stereocenters. The van der Waals surface area contributed by atoms with Gasteiger partial charge in [0, 0.05) is 20.3 Å². The Kier molecular flexibility index (Phi) is 5.71. The third kappa shape index (κ3) is 5.71. The molecule has 0 aromatic rings. The zero-order chi connectivity index (χ0) is 16.2. The van der Waals surface area contributed by atoms with E-state index in [2.05, 4.69) is 0 Å². The van der Waals surface area contributed by atoms with Gasteiger partial charge in [0.15, 0.2) is 6.10 Å². The van der Waals surface area contributed by atoms with Crippen molar-refractivity contribution in [2.24, 2.45) is 5.41 Å². The van der Waals surface area contributed by atoms with Crippen molar-refractivity contribution in [1.29, 1.82) is 0 Å². The first kappa shape index (κ1) is 17.4. The molecule has 0 aromatic carbocycles. The first-order valence-corrected chi connectivity index (χ1v) is 6.76. The van der Waals surface area contributed by atoms with Gasteiger partial charge >= 0.3 is 17.9 Å². The summed E-state index contributed by atoms with van der Waals surface area (Å²) in [6.45, 7) is 7.75. The van der Waals surface area contributed by atoms with Crippen LogP contribution in [-0.2, 0) is 33.3 Å². The van der Waals surface area contributed by atoms with Gasteiger partial charge in [0.25, 0.3) is 0 Å². The molecule has 0 bridgehead atoms. The zero-order valence-corrected chi connectivity index (χ0v) is 13.0. The lowest BCUT2D eigenvalue weighted by Crippen LogP contribution is -2.30. The Morgan fingerprint density at radius 2 is 1.67 bits per heavy atom. The zero-order valence-electron chi connectivity index (χ0n) is 13.0. The summed E-state index contributed by atoms with van der Waals surface area (Å²) in [6, 6.07) is 0. The summed E-state index contributed by atoms with van der Waals surface area (Å²) in [4.78, 5) is 33.7.